The predicted octanol–water partition coefficient (Wildman–Crippen LogP) is 22.7. The maximum absolute atomic E-state index is 12.8. The molecule has 0 spiro atoms. The van der Waals surface area contributed by atoms with Gasteiger partial charge in [-0.2, -0.15) is 0 Å². The number of ether oxygens (including phenoxy) is 5. The van der Waals surface area contributed by atoms with Gasteiger partial charge in [-0.25, -0.2) is 42.5 Å². The third kappa shape index (κ3) is 36.5. The zero-order valence-corrected chi connectivity index (χ0v) is 80.3. The number of nitrogens with two attached hydrogens (primary N) is 1. The van der Waals surface area contributed by atoms with Gasteiger partial charge in [0.25, 0.3) is 0 Å². The molecule has 3 saturated heterocycles. The SMILES string of the molecule is CCCCC(CC)COC(=O)CCSc1cc(Br)cc(C(=O)OC(C)(C)C)c1.CCCCC(CC)COC(=O)CCSc1cc(C(=O)OC(C)(C)C)cc(N2CCCC2)c1.CCc1ncc(Br)s1.CCc1ncc(Sc2cc(C(=O)OC(C)(C)C)cc(N3CCCC3)c2)s1.NCc1ncc(S(=O)(=O)c2cc(C(=O)O)cc(N3CCCC3)c2)s1. The molecule has 4 aromatic carbocycles. The maximum Gasteiger partial charge on any atom is 0.338 e. The van der Waals surface area contributed by atoms with Gasteiger partial charge in [0.1, 0.15) is 26.0 Å². The molecule has 0 bridgehead atoms. The van der Waals surface area contributed by atoms with Crippen molar-refractivity contribution in [1.82, 2.24) is 15.0 Å². The van der Waals surface area contributed by atoms with Crippen LogP contribution in [0.3, 0.4) is 0 Å². The Morgan fingerprint density at radius 1 is 0.508 bits per heavy atom. The number of carbonyl (C=O) groups excluding carboxylic acids is 5. The zero-order chi connectivity index (χ0) is 86.8. The first-order valence-electron chi connectivity index (χ1n) is 41.1. The summed E-state index contributed by atoms with van der Waals surface area (Å²) < 4.78 is 56.4. The van der Waals surface area contributed by atoms with Gasteiger partial charge >= 0.3 is 35.8 Å². The average Bonchev–Trinajstić information content (AvgIpc) is 1.47. The van der Waals surface area contributed by atoms with Gasteiger partial charge in [0.2, 0.25) is 9.84 Å². The van der Waals surface area contributed by atoms with Gasteiger partial charge in [0.05, 0.1) is 89.8 Å². The van der Waals surface area contributed by atoms with Crippen molar-refractivity contribution >= 4 is 164 Å². The first kappa shape index (κ1) is 101. The highest BCUT2D eigenvalue weighted by Crippen LogP contribution is 2.38. The number of thiazole rings is 3. The molecule has 7 aromatic rings. The topological polar surface area (TPSA) is 277 Å². The van der Waals surface area contributed by atoms with Crippen molar-refractivity contribution in [3.63, 3.8) is 0 Å². The highest BCUT2D eigenvalue weighted by Gasteiger charge is 2.28. The second-order valence-electron chi connectivity index (χ2n) is 31.8. The molecule has 118 heavy (non-hydrogen) atoms. The number of unbranched alkanes of at least 4 members (excludes halogenated alkanes) is 2. The van der Waals surface area contributed by atoms with E-state index < -0.39 is 32.6 Å². The summed E-state index contributed by atoms with van der Waals surface area (Å²) >= 11 is 16.0. The first-order chi connectivity index (χ1) is 55.9. The van der Waals surface area contributed by atoms with Crippen molar-refractivity contribution in [2.45, 2.75) is 271 Å². The minimum atomic E-state index is -3.83. The molecule has 650 valence electrons. The Balaban J connectivity index is 0.000000237. The normalized spacial score (nSPS) is 14.0. The molecule has 2 atom stereocenters. The van der Waals surface area contributed by atoms with Gasteiger partial charge in [-0.05, 0) is 227 Å². The Morgan fingerprint density at radius 2 is 0.915 bits per heavy atom. The molecule has 3 aliphatic rings. The van der Waals surface area contributed by atoms with Gasteiger partial charge in [-0.3, -0.25) is 9.59 Å². The summed E-state index contributed by atoms with van der Waals surface area (Å²) in [6, 6.07) is 21.7. The number of hydrogen-bond donors (Lipinski definition) is 2. The van der Waals surface area contributed by atoms with Crippen LogP contribution >= 0.6 is 101 Å². The van der Waals surface area contributed by atoms with Gasteiger partial charge < -0.3 is 49.2 Å². The Morgan fingerprint density at radius 3 is 1.31 bits per heavy atom. The van der Waals surface area contributed by atoms with Crippen LogP contribution < -0.4 is 20.4 Å². The quantitative estimate of drug-likeness (QED) is 0.0215. The molecule has 0 saturated carbocycles. The molecule has 3 N–H and O–H groups in total. The second-order valence-corrected chi connectivity index (χ2v) is 43.4. The zero-order valence-electron chi connectivity index (χ0n) is 71.4. The van der Waals surface area contributed by atoms with E-state index in [0.717, 1.165) is 146 Å². The van der Waals surface area contributed by atoms with Crippen molar-refractivity contribution in [2.24, 2.45) is 17.6 Å². The number of hydrogen-bond acceptors (Lipinski definition) is 26. The van der Waals surface area contributed by atoms with Crippen molar-refractivity contribution in [3.8, 4) is 0 Å². The number of aromatic carboxylic acids is 1. The lowest BCUT2D eigenvalue weighted by Gasteiger charge is -2.22. The molecular weight excluding hydrogens is 1760 g/mol. The molecule has 6 heterocycles. The van der Waals surface area contributed by atoms with E-state index in [2.05, 4.69) is 110 Å². The first-order valence-corrected chi connectivity index (χ1v) is 49.4. The second kappa shape index (κ2) is 50.5. The monoisotopic (exact) mass is 1880 g/mol. The van der Waals surface area contributed by atoms with E-state index in [-0.39, 0.29) is 51.1 Å². The highest BCUT2D eigenvalue weighted by molar-refractivity contribution is 9.11. The van der Waals surface area contributed by atoms with Crippen molar-refractivity contribution in [2.75, 3.05) is 78.7 Å². The van der Waals surface area contributed by atoms with Crippen molar-refractivity contribution in [1.29, 1.82) is 0 Å². The summed E-state index contributed by atoms with van der Waals surface area (Å²) in [5, 5.41) is 12.2. The number of carboxylic acids is 1. The van der Waals surface area contributed by atoms with E-state index >= 15 is 0 Å². The molecule has 0 amide bonds. The van der Waals surface area contributed by atoms with Crippen molar-refractivity contribution in [3.05, 3.63) is 137 Å². The van der Waals surface area contributed by atoms with Crippen LogP contribution in [0.4, 0.5) is 17.1 Å². The summed E-state index contributed by atoms with van der Waals surface area (Å²) in [4.78, 5) is 95.3. The van der Waals surface area contributed by atoms with Crippen LogP contribution in [0.15, 0.2) is 128 Å². The van der Waals surface area contributed by atoms with Gasteiger partial charge in [0, 0.05) is 93.5 Å². The lowest BCUT2D eigenvalue weighted by atomic mass is 10.0. The molecule has 3 aliphatic heterocycles. The largest absolute Gasteiger partial charge is 0.478 e. The van der Waals surface area contributed by atoms with E-state index in [9.17, 15) is 42.3 Å². The standard InChI is InChI=1S/C26H41NO4S.C22H33BrO4S.C20H26N2O2S2.C15H17N3O4S2.C5H6BrNS/c1-6-8-11-20(7-2)19-30-24(28)12-15-32-23-17-21(25(29)31-26(3,4)5)16-22(18-23)27-13-9-10-14-27;1-6-8-9-16(7-2)15-26-20(24)10-11-28-19-13-17(12-18(23)14-19)21(25)27-22(3,4)5;1-5-17-21-13-18(26-17)25-16-11-14(19(23)24-20(2,3)4)10-15(12-16)22-8-6-7-9-22;16-8-13-17-9-14(23-13)24(21,22)12-6-10(15(19)20)5-11(7-12)18-3-1-2-4-18;1-2-5-7-3-4(6)8-5/h16-18,20H,6-15,19H2,1-5H3;12-14,16H,6-11,15H2,1-5H3;10-13H,5-9H2,1-4H3;5-7,9H,1-4,8,16H2,(H,19,20);3H,2H2,1H3. The van der Waals surface area contributed by atoms with E-state index in [4.69, 9.17) is 29.4 Å². The third-order valence-electron chi connectivity index (χ3n) is 18.5. The Bertz CT molecular complexity index is 4440. The summed E-state index contributed by atoms with van der Waals surface area (Å²) in [5.41, 5.74) is 8.33. The number of halogens is 2. The van der Waals surface area contributed by atoms with E-state index in [1.165, 1.54) is 92.5 Å². The minimum absolute atomic E-state index is 0.0310. The van der Waals surface area contributed by atoms with Crippen LogP contribution in [0.25, 0.3) is 0 Å². The van der Waals surface area contributed by atoms with E-state index in [1.54, 1.807) is 58.3 Å². The van der Waals surface area contributed by atoms with Gasteiger partial charge in [-0.1, -0.05) is 108 Å². The fourth-order valence-electron chi connectivity index (χ4n) is 12.2. The number of aromatic nitrogens is 3. The number of benzene rings is 4. The molecule has 30 heteroatoms. The Kier molecular flexibility index (Phi) is 43.1. The third-order valence-corrected chi connectivity index (χ3v) is 27.9. The predicted molar refractivity (Wildman–Crippen MR) is 490 cm³/mol. The summed E-state index contributed by atoms with van der Waals surface area (Å²) in [6.07, 6.45) is 23.5. The summed E-state index contributed by atoms with van der Waals surface area (Å²) in [6.45, 7) is 36.6. The number of carbonyl (C=O) groups is 6. The van der Waals surface area contributed by atoms with Gasteiger partial charge in [0.15, 0.2) is 0 Å². The Labute approximate surface area is 742 Å². The number of carboxylic acid groups (broad SMARTS) is 1. The molecule has 3 aromatic heterocycles. The fraction of sp³-hybridized carbons (Fsp3) is 0.557. The van der Waals surface area contributed by atoms with E-state index in [1.807, 2.05) is 110 Å². The number of sulfone groups is 1. The van der Waals surface area contributed by atoms with Crippen molar-refractivity contribution < 1.29 is 66.0 Å². The average molecular weight is 1890 g/mol. The van der Waals surface area contributed by atoms with Gasteiger partial charge in [-0.15, -0.1) is 57.5 Å². The van der Waals surface area contributed by atoms with E-state index in [0.29, 0.717) is 76.8 Å². The lowest BCUT2D eigenvalue weighted by Crippen LogP contribution is -2.24. The molecule has 2 unspecified atom stereocenters. The number of rotatable bonds is 34. The van der Waals surface area contributed by atoms with Crippen LogP contribution in [0.2, 0.25) is 0 Å². The number of esters is 5. The van der Waals surface area contributed by atoms with Crippen LogP contribution in [0.5, 0.6) is 0 Å². The molecule has 0 radical (unpaired) electrons. The highest BCUT2D eigenvalue weighted by atomic mass is 79.9. The molecule has 21 nitrogen and oxygen atoms in total. The molecular formula is C88H123Br2N7O14S7. The molecule has 10 rings (SSSR count). The van der Waals surface area contributed by atoms with Crippen LogP contribution in [-0.4, -0.2) is 145 Å². The Hall–Kier alpha value is -6.09. The fourth-order valence-corrected chi connectivity index (χ4v) is 20.5. The number of aryl methyl sites for hydroxylation is 2. The smallest absolute Gasteiger partial charge is 0.338 e. The number of nitrogens with zero attached hydrogens (tertiary/aromatic N) is 6. The summed E-state index contributed by atoms with van der Waals surface area (Å²) in [5.74, 6) is -0.238. The number of anilines is 3. The molecule has 0 aliphatic carbocycles. The molecule has 3 fully saturated rings. The van der Waals surface area contributed by atoms with Crippen LogP contribution in [0, 0.1) is 11.8 Å². The van der Waals surface area contributed by atoms with Crippen LogP contribution in [-0.2, 0) is 62.5 Å². The lowest BCUT2D eigenvalue weighted by molar-refractivity contribution is -0.145. The minimum Gasteiger partial charge on any atom is -0.478 e. The summed E-state index contributed by atoms with van der Waals surface area (Å²) in [7, 11) is -3.83. The maximum atomic E-state index is 12.8. The van der Waals surface area contributed by atoms with Crippen LogP contribution in [0.1, 0.15) is 263 Å². The number of thioether (sulfide) groups is 2.